The number of rotatable bonds is 8. The van der Waals surface area contributed by atoms with Gasteiger partial charge in [-0.2, -0.15) is 0 Å². The van der Waals surface area contributed by atoms with Crippen LogP contribution in [-0.4, -0.2) is 57.7 Å². The number of aliphatic hydroxyl groups excluding tert-OH is 1. The van der Waals surface area contributed by atoms with Crippen molar-refractivity contribution in [1.82, 2.24) is 25.9 Å². The third kappa shape index (κ3) is 7.68. The second kappa shape index (κ2) is 15.0. The van der Waals surface area contributed by atoms with Gasteiger partial charge in [-0.3, -0.25) is 14.4 Å². The molecule has 1 unspecified atom stereocenters. The van der Waals surface area contributed by atoms with E-state index in [-0.39, 0.29) is 36.6 Å². The minimum Gasteiger partial charge on any atom is -0.470 e. The van der Waals surface area contributed by atoms with Crippen molar-refractivity contribution in [3.8, 4) is 5.75 Å². The summed E-state index contributed by atoms with van der Waals surface area (Å²) in [6.45, 7) is 9.63. The molecule has 7 rings (SSSR count). The molecule has 3 aromatic carbocycles. The summed E-state index contributed by atoms with van der Waals surface area (Å²) in [6, 6.07) is 19.5. The predicted molar refractivity (Wildman–Crippen MR) is 200 cm³/mol. The third-order valence-electron chi connectivity index (χ3n) is 9.77. The molecule has 0 fully saturated rings. The maximum atomic E-state index is 14.1. The van der Waals surface area contributed by atoms with Crippen LogP contribution in [0.25, 0.3) is 10.9 Å². The van der Waals surface area contributed by atoms with Gasteiger partial charge in [-0.25, -0.2) is 4.98 Å². The van der Waals surface area contributed by atoms with E-state index >= 15 is 0 Å². The molecule has 4 atom stereocenters. The molecule has 5 bridgehead atoms. The second-order valence-electron chi connectivity index (χ2n) is 14.2. The standard InChI is InChI=1S/C41H44N6O6/c1-22(2)35-41-47-36(39(50)42-16-15-26-21-43-30-12-8-6-10-28(26)30)33(53-41)19-25-9-5-7-11-29(25)44-34-20-27-17-24(13-14-32(27)52-34)18-31(38(49)46-35)45-40(51)37(48)23(3)4/h5-14,17,21,23,31,34-35,37,43-44,48H,1,15-16,18-20H2,2-4H3,(H,42,50)(H,45,51)(H,46,49)/t31-,34?,35-,37-/m0/s1. The van der Waals surface area contributed by atoms with E-state index in [9.17, 15) is 19.5 Å². The lowest BCUT2D eigenvalue weighted by Gasteiger charge is -2.24. The van der Waals surface area contributed by atoms with E-state index in [4.69, 9.17) is 9.15 Å². The van der Waals surface area contributed by atoms with Crippen molar-refractivity contribution in [3.63, 3.8) is 0 Å². The first-order chi connectivity index (χ1) is 25.5. The van der Waals surface area contributed by atoms with Gasteiger partial charge < -0.3 is 40.5 Å². The van der Waals surface area contributed by atoms with Crippen LogP contribution in [0.2, 0.25) is 0 Å². The van der Waals surface area contributed by atoms with Crippen molar-refractivity contribution < 1.29 is 28.6 Å². The zero-order valence-electron chi connectivity index (χ0n) is 30.0. The molecule has 0 spiro atoms. The van der Waals surface area contributed by atoms with Crippen LogP contribution in [0.5, 0.6) is 5.75 Å². The lowest BCUT2D eigenvalue weighted by atomic mass is 9.99. The molecule has 5 aromatic rings. The van der Waals surface area contributed by atoms with Gasteiger partial charge in [0, 0.05) is 54.2 Å². The number of ether oxygens (including phenoxy) is 1. The summed E-state index contributed by atoms with van der Waals surface area (Å²) in [5.74, 6) is -0.850. The number of hydrogen-bond donors (Lipinski definition) is 6. The molecule has 6 N–H and O–H groups in total. The number of nitrogens with one attached hydrogen (secondary N) is 5. The number of carbonyl (C=O) groups excluding carboxylic acids is 3. The number of fused-ring (bicyclic) bond motifs is 6. The first-order valence-electron chi connectivity index (χ1n) is 17.9. The molecule has 12 nitrogen and oxygen atoms in total. The molecule has 12 heteroatoms. The Morgan fingerprint density at radius 3 is 2.64 bits per heavy atom. The normalized spacial score (nSPS) is 18.7. The van der Waals surface area contributed by atoms with Crippen LogP contribution in [-0.2, 0) is 35.3 Å². The van der Waals surface area contributed by atoms with Gasteiger partial charge in [-0.15, -0.1) is 0 Å². The number of carbonyl (C=O) groups is 3. The number of aromatic amines is 1. The highest BCUT2D eigenvalue weighted by Gasteiger charge is 2.33. The van der Waals surface area contributed by atoms with Crippen molar-refractivity contribution in [1.29, 1.82) is 0 Å². The van der Waals surface area contributed by atoms with E-state index in [1.165, 1.54) is 0 Å². The Morgan fingerprint density at radius 1 is 1.04 bits per heavy atom. The molecule has 2 aliphatic heterocycles. The summed E-state index contributed by atoms with van der Waals surface area (Å²) >= 11 is 0. The number of amides is 3. The lowest BCUT2D eigenvalue weighted by Crippen LogP contribution is -2.52. The number of anilines is 1. The number of para-hydroxylation sites is 2. The Hall–Kier alpha value is -5.88. The highest BCUT2D eigenvalue weighted by atomic mass is 16.5. The Labute approximate surface area is 307 Å². The fourth-order valence-electron chi connectivity index (χ4n) is 6.84. The van der Waals surface area contributed by atoms with Crippen molar-refractivity contribution in [2.45, 2.75) is 70.9 Å². The van der Waals surface area contributed by atoms with Crippen LogP contribution >= 0.6 is 0 Å². The number of hydrogen-bond acceptors (Lipinski definition) is 8. The molecular formula is C41H44N6O6. The lowest BCUT2D eigenvalue weighted by molar-refractivity contribution is -0.135. The van der Waals surface area contributed by atoms with Gasteiger partial charge in [0.2, 0.25) is 17.7 Å². The molecule has 0 aliphatic carbocycles. The van der Waals surface area contributed by atoms with E-state index in [0.717, 1.165) is 44.6 Å². The van der Waals surface area contributed by atoms with Gasteiger partial charge in [0.05, 0.1) is 0 Å². The SMILES string of the molecule is C=C(C)[C@@H]1NC(=O)[C@@H](NC(=O)[C@@H](O)C(C)C)Cc2ccc3c(c2)CC(Nc2ccccc2Cc2oc1nc2C(=O)NCCc1c[nH]c2ccccc12)O3. The molecule has 4 heterocycles. The molecule has 2 aromatic heterocycles. The van der Waals surface area contributed by atoms with Gasteiger partial charge in [0.25, 0.3) is 5.91 Å². The van der Waals surface area contributed by atoms with Crippen molar-refractivity contribution >= 4 is 34.3 Å². The van der Waals surface area contributed by atoms with E-state index < -0.39 is 35.9 Å². The molecular weight excluding hydrogens is 672 g/mol. The topological polar surface area (TPSA) is 171 Å². The van der Waals surface area contributed by atoms with Gasteiger partial charge in [0.15, 0.2) is 11.9 Å². The quantitative estimate of drug-likeness (QED) is 0.123. The molecule has 3 amide bonds. The Morgan fingerprint density at radius 2 is 1.83 bits per heavy atom. The molecule has 53 heavy (non-hydrogen) atoms. The minimum absolute atomic E-state index is 0.0821. The van der Waals surface area contributed by atoms with Crippen molar-refractivity contribution in [2.75, 3.05) is 11.9 Å². The van der Waals surface area contributed by atoms with Gasteiger partial charge in [-0.05, 0) is 59.7 Å². The van der Waals surface area contributed by atoms with Crippen LogP contribution in [0.15, 0.2) is 89.5 Å². The zero-order chi connectivity index (χ0) is 37.2. The third-order valence-corrected chi connectivity index (χ3v) is 9.77. The van der Waals surface area contributed by atoms with E-state index in [1.807, 2.05) is 72.9 Å². The smallest absolute Gasteiger partial charge is 0.273 e. The maximum absolute atomic E-state index is 14.1. The molecule has 2 aliphatic rings. The summed E-state index contributed by atoms with van der Waals surface area (Å²) < 4.78 is 12.6. The molecule has 0 radical (unpaired) electrons. The largest absolute Gasteiger partial charge is 0.470 e. The summed E-state index contributed by atoms with van der Waals surface area (Å²) in [5, 5.41) is 23.9. The fraction of sp³-hybridized carbons (Fsp3) is 0.317. The number of nitrogens with zero attached hydrogens (tertiary/aromatic N) is 1. The average molecular weight is 717 g/mol. The van der Waals surface area contributed by atoms with Crippen molar-refractivity contribution in [3.05, 3.63) is 125 Å². The first kappa shape index (κ1) is 35.5. The fourth-order valence-corrected chi connectivity index (χ4v) is 6.84. The number of oxazole rings is 1. The maximum Gasteiger partial charge on any atom is 0.273 e. The van der Waals surface area contributed by atoms with Crippen LogP contribution < -0.4 is 26.0 Å². The zero-order valence-corrected chi connectivity index (χ0v) is 30.0. The number of aromatic nitrogens is 2. The second-order valence-corrected chi connectivity index (χ2v) is 14.2. The van der Waals surface area contributed by atoms with E-state index in [0.29, 0.717) is 30.7 Å². The molecule has 0 saturated heterocycles. The van der Waals surface area contributed by atoms with Gasteiger partial charge in [0.1, 0.15) is 29.7 Å². The number of benzene rings is 3. The monoisotopic (exact) mass is 716 g/mol. The Bertz CT molecular complexity index is 2190. The number of aliphatic hydroxyl groups is 1. The first-order valence-corrected chi connectivity index (χ1v) is 17.9. The van der Waals surface area contributed by atoms with E-state index in [1.54, 1.807) is 20.8 Å². The summed E-state index contributed by atoms with van der Waals surface area (Å²) in [6.07, 6.45) is 1.77. The van der Waals surface area contributed by atoms with Crippen LogP contribution in [0.3, 0.4) is 0 Å². The van der Waals surface area contributed by atoms with E-state index in [2.05, 4.69) is 37.8 Å². The molecule has 0 saturated carbocycles. The minimum atomic E-state index is -1.31. The van der Waals surface area contributed by atoms with Crippen molar-refractivity contribution in [2.24, 2.45) is 5.92 Å². The van der Waals surface area contributed by atoms with Crippen LogP contribution in [0, 0.1) is 5.92 Å². The Kier molecular flexibility index (Phi) is 10.1. The summed E-state index contributed by atoms with van der Waals surface area (Å²) in [7, 11) is 0. The summed E-state index contributed by atoms with van der Waals surface area (Å²) in [5.41, 5.74) is 6.13. The number of H-pyrrole nitrogens is 1. The highest BCUT2D eigenvalue weighted by Crippen LogP contribution is 2.33. The highest BCUT2D eigenvalue weighted by molar-refractivity contribution is 5.94. The Balaban J connectivity index is 1.23. The van der Waals surface area contributed by atoms with Gasteiger partial charge in [-0.1, -0.05) is 69.0 Å². The molecule has 274 valence electrons. The summed E-state index contributed by atoms with van der Waals surface area (Å²) in [4.78, 5) is 49.0. The van der Waals surface area contributed by atoms with Gasteiger partial charge >= 0.3 is 0 Å². The predicted octanol–water partition coefficient (Wildman–Crippen LogP) is 4.88. The van der Waals surface area contributed by atoms with Crippen LogP contribution in [0.4, 0.5) is 5.69 Å². The average Bonchev–Trinajstić information content (AvgIpc) is 3.86. The van der Waals surface area contributed by atoms with Crippen LogP contribution in [0.1, 0.15) is 71.2 Å².